The normalized spacial score (nSPS) is 19.9. The Morgan fingerprint density at radius 2 is 1.62 bits per heavy atom. The number of fused-ring (bicyclic) bond motifs is 1. The fourth-order valence-corrected chi connectivity index (χ4v) is 5.97. The molecule has 0 saturated carbocycles. The number of hydrogen-bond donors (Lipinski definition) is 2. The summed E-state index contributed by atoms with van der Waals surface area (Å²) in [4.78, 5) is 28.4. The zero-order chi connectivity index (χ0) is 28.2. The number of nitrogens with zero attached hydrogens (tertiary/aromatic N) is 1. The van der Waals surface area contributed by atoms with Crippen LogP contribution in [0.1, 0.15) is 55.0 Å². The average molecular weight is 545 g/mol. The van der Waals surface area contributed by atoms with Crippen molar-refractivity contribution in [2.24, 2.45) is 5.92 Å². The maximum Gasteiger partial charge on any atom is 0.309 e. The van der Waals surface area contributed by atoms with Gasteiger partial charge in [-0.1, -0.05) is 50.2 Å². The molecule has 1 saturated heterocycles. The number of nitrogens with one attached hydrogen (secondary N) is 1. The quantitative estimate of drug-likeness (QED) is 0.352. The third-order valence-corrected chi connectivity index (χ3v) is 7.85. The Balaban J connectivity index is 1.48. The predicted octanol–water partition coefficient (Wildman–Crippen LogP) is 5.42. The van der Waals surface area contributed by atoms with Gasteiger partial charge in [-0.2, -0.15) is 0 Å². The molecule has 3 unspecified atom stereocenters. The van der Waals surface area contributed by atoms with Crippen LogP contribution in [0.25, 0.3) is 0 Å². The molecule has 5 rings (SSSR count). The first-order chi connectivity index (χ1) is 19.4. The summed E-state index contributed by atoms with van der Waals surface area (Å²) in [6, 6.07) is 18.7. The van der Waals surface area contributed by atoms with E-state index in [1.165, 1.54) is 0 Å². The van der Waals surface area contributed by atoms with Crippen LogP contribution < -0.4 is 19.5 Å². The minimum Gasteiger partial charge on any atom is -0.494 e. The van der Waals surface area contributed by atoms with Crippen LogP contribution >= 0.6 is 0 Å². The van der Waals surface area contributed by atoms with Crippen LogP contribution in [0.5, 0.6) is 17.2 Å². The van der Waals surface area contributed by atoms with Crippen LogP contribution in [0.4, 0.5) is 5.69 Å². The lowest BCUT2D eigenvalue weighted by molar-refractivity contribution is -0.143. The van der Waals surface area contributed by atoms with E-state index in [2.05, 4.69) is 19.2 Å². The van der Waals surface area contributed by atoms with Crippen LogP contribution in [-0.4, -0.2) is 48.4 Å². The molecular formula is C32H36N2O6. The maximum atomic E-state index is 13.5. The Kier molecular flexibility index (Phi) is 8.26. The number of benzene rings is 3. The zero-order valence-corrected chi connectivity index (χ0v) is 23.2. The molecule has 0 aromatic heterocycles. The summed E-state index contributed by atoms with van der Waals surface area (Å²) in [5.74, 6) is -0.231. The molecule has 1 amide bonds. The maximum absolute atomic E-state index is 13.5. The third kappa shape index (κ3) is 5.49. The molecule has 2 heterocycles. The highest BCUT2D eigenvalue weighted by Gasteiger charge is 2.48. The van der Waals surface area contributed by atoms with Crippen LogP contribution in [0.15, 0.2) is 60.7 Å². The van der Waals surface area contributed by atoms with Gasteiger partial charge in [0.1, 0.15) is 5.75 Å². The second-order valence-corrected chi connectivity index (χ2v) is 10.2. The predicted molar refractivity (Wildman–Crippen MR) is 152 cm³/mol. The van der Waals surface area contributed by atoms with E-state index in [0.29, 0.717) is 24.7 Å². The minimum absolute atomic E-state index is 0.0594. The molecule has 2 aliphatic heterocycles. The number of anilines is 1. The Hall–Kier alpha value is -4.04. The third-order valence-electron chi connectivity index (χ3n) is 7.85. The molecule has 2 aliphatic rings. The van der Waals surface area contributed by atoms with E-state index < -0.39 is 17.9 Å². The number of amides is 1. The van der Waals surface area contributed by atoms with Gasteiger partial charge in [0, 0.05) is 24.2 Å². The van der Waals surface area contributed by atoms with Crippen LogP contribution in [0.3, 0.4) is 0 Å². The van der Waals surface area contributed by atoms with E-state index in [1.54, 1.807) is 0 Å². The van der Waals surface area contributed by atoms with Gasteiger partial charge in [-0.25, -0.2) is 0 Å². The molecule has 2 N–H and O–H groups in total. The second-order valence-electron chi connectivity index (χ2n) is 10.2. The van der Waals surface area contributed by atoms with Crippen LogP contribution in [-0.2, 0) is 22.4 Å². The van der Waals surface area contributed by atoms with Crippen molar-refractivity contribution in [2.45, 2.75) is 45.6 Å². The van der Waals surface area contributed by atoms with Gasteiger partial charge < -0.3 is 24.6 Å². The van der Waals surface area contributed by atoms with Crippen LogP contribution in [0.2, 0.25) is 0 Å². The van der Waals surface area contributed by atoms with Gasteiger partial charge in [-0.15, -0.1) is 0 Å². The lowest BCUT2D eigenvalue weighted by Crippen LogP contribution is -2.35. The van der Waals surface area contributed by atoms with E-state index in [0.717, 1.165) is 46.5 Å². The first kappa shape index (κ1) is 27.5. The number of carbonyl (C=O) groups excluding carboxylic acids is 1. The summed E-state index contributed by atoms with van der Waals surface area (Å²) < 4.78 is 16.7. The molecule has 210 valence electrons. The van der Waals surface area contributed by atoms with E-state index in [1.807, 2.05) is 72.5 Å². The van der Waals surface area contributed by atoms with Crippen molar-refractivity contribution in [1.29, 1.82) is 0 Å². The molecule has 0 bridgehead atoms. The average Bonchev–Trinajstić information content (AvgIpc) is 3.58. The molecule has 8 heteroatoms. The number of rotatable bonds is 10. The Morgan fingerprint density at radius 1 is 0.950 bits per heavy atom. The number of para-hydroxylation sites is 1. The number of likely N-dealkylation sites (tertiary alicyclic amines) is 1. The smallest absolute Gasteiger partial charge is 0.309 e. The summed E-state index contributed by atoms with van der Waals surface area (Å²) in [7, 11) is 0. The van der Waals surface area contributed by atoms with Crippen molar-refractivity contribution in [2.75, 3.05) is 31.8 Å². The number of aryl methyl sites for hydroxylation is 2. The van der Waals surface area contributed by atoms with Crippen molar-refractivity contribution >= 4 is 17.6 Å². The van der Waals surface area contributed by atoms with Crippen molar-refractivity contribution in [3.8, 4) is 17.2 Å². The fourth-order valence-electron chi connectivity index (χ4n) is 5.97. The highest BCUT2D eigenvalue weighted by molar-refractivity contribution is 5.94. The summed E-state index contributed by atoms with van der Waals surface area (Å²) in [6.45, 7) is 7.20. The molecule has 3 aromatic carbocycles. The molecule has 0 aliphatic carbocycles. The number of aliphatic carboxylic acids is 1. The second kappa shape index (κ2) is 12.0. The van der Waals surface area contributed by atoms with E-state index >= 15 is 0 Å². The van der Waals surface area contributed by atoms with Gasteiger partial charge in [0.15, 0.2) is 11.5 Å². The molecule has 3 aromatic rings. The lowest BCUT2D eigenvalue weighted by atomic mass is 9.82. The molecule has 0 radical (unpaired) electrons. The highest BCUT2D eigenvalue weighted by Crippen LogP contribution is 2.47. The minimum atomic E-state index is -0.908. The fraction of sp³-hybridized carbons (Fsp3) is 0.375. The van der Waals surface area contributed by atoms with Crippen molar-refractivity contribution in [1.82, 2.24) is 4.90 Å². The Labute approximate surface area is 234 Å². The summed E-state index contributed by atoms with van der Waals surface area (Å²) in [5, 5.41) is 13.7. The SMILES string of the molecule is CCOc1ccc(C2C(C(=O)O)C(c3ccc4c(c3)OCO4)CN2CC(=O)Nc2c(CC)cccc2CC)cc1. The van der Waals surface area contributed by atoms with E-state index in [4.69, 9.17) is 14.2 Å². The largest absolute Gasteiger partial charge is 0.494 e. The molecule has 0 spiro atoms. The Bertz CT molecular complexity index is 1350. The summed E-state index contributed by atoms with van der Waals surface area (Å²) in [6.07, 6.45) is 1.60. The number of hydrogen-bond acceptors (Lipinski definition) is 6. The highest BCUT2D eigenvalue weighted by atomic mass is 16.7. The number of carboxylic acid groups (broad SMARTS) is 1. The van der Waals surface area contributed by atoms with Crippen molar-refractivity contribution < 1.29 is 28.9 Å². The van der Waals surface area contributed by atoms with Gasteiger partial charge in [-0.05, 0) is 66.3 Å². The molecule has 1 fully saturated rings. The molecule has 40 heavy (non-hydrogen) atoms. The summed E-state index contributed by atoms with van der Waals surface area (Å²) in [5.41, 5.74) is 4.70. The first-order valence-corrected chi connectivity index (χ1v) is 13.9. The molecule has 3 atom stereocenters. The van der Waals surface area contributed by atoms with Gasteiger partial charge in [0.2, 0.25) is 12.7 Å². The summed E-state index contributed by atoms with van der Waals surface area (Å²) >= 11 is 0. The van der Waals surface area contributed by atoms with Crippen molar-refractivity contribution in [3.05, 3.63) is 82.9 Å². The van der Waals surface area contributed by atoms with Crippen LogP contribution in [0, 0.1) is 5.92 Å². The van der Waals surface area contributed by atoms with Gasteiger partial charge in [0.05, 0.1) is 19.1 Å². The monoisotopic (exact) mass is 544 g/mol. The zero-order valence-electron chi connectivity index (χ0n) is 23.2. The number of carboxylic acids is 1. The number of carbonyl (C=O) groups is 2. The standard InChI is InChI=1S/C32H36N2O6/c1-4-20-8-7-9-21(5-2)30(20)33-28(35)18-34-17-25(23-12-15-26-27(16-23)40-19-39-26)29(32(36)37)31(34)22-10-13-24(14-11-22)38-6-3/h7-16,25,29,31H,4-6,17-19H2,1-3H3,(H,33,35)(H,36,37). The van der Waals surface area contributed by atoms with Gasteiger partial charge in [0.25, 0.3) is 0 Å². The van der Waals surface area contributed by atoms with E-state index in [9.17, 15) is 14.7 Å². The first-order valence-electron chi connectivity index (χ1n) is 13.9. The van der Waals surface area contributed by atoms with Gasteiger partial charge in [-0.3, -0.25) is 14.5 Å². The molecular weight excluding hydrogens is 508 g/mol. The Morgan fingerprint density at radius 3 is 2.27 bits per heavy atom. The number of ether oxygens (including phenoxy) is 3. The van der Waals surface area contributed by atoms with Crippen molar-refractivity contribution in [3.63, 3.8) is 0 Å². The topological polar surface area (TPSA) is 97.3 Å². The van der Waals surface area contributed by atoms with E-state index in [-0.39, 0.29) is 25.2 Å². The van der Waals surface area contributed by atoms with Gasteiger partial charge >= 0.3 is 5.97 Å². The lowest BCUT2D eigenvalue weighted by Gasteiger charge is -2.27. The molecule has 8 nitrogen and oxygen atoms in total.